The van der Waals surface area contributed by atoms with Gasteiger partial charge in [0.2, 0.25) is 15.2 Å². The first-order valence-corrected chi connectivity index (χ1v) is 7.35. The zero-order valence-electron chi connectivity index (χ0n) is 9.52. The lowest BCUT2D eigenvalue weighted by atomic mass is 10.1. The predicted octanol–water partition coefficient (Wildman–Crippen LogP) is 0.884. The summed E-state index contributed by atoms with van der Waals surface area (Å²) in [6.45, 7) is 5.38. The molecule has 0 radical (unpaired) electrons. The fourth-order valence-corrected chi connectivity index (χ4v) is 3.08. The van der Waals surface area contributed by atoms with Crippen molar-refractivity contribution >= 4 is 26.5 Å². The van der Waals surface area contributed by atoms with E-state index in [-0.39, 0.29) is 10.9 Å². The molecule has 0 aliphatic rings. The number of hydrogen-bond donors (Lipinski definition) is 2. The van der Waals surface area contributed by atoms with E-state index in [4.69, 9.17) is 5.73 Å². The van der Waals surface area contributed by atoms with Gasteiger partial charge in [0.1, 0.15) is 5.01 Å². The van der Waals surface area contributed by atoms with Crippen LogP contribution in [0.2, 0.25) is 0 Å². The quantitative estimate of drug-likeness (QED) is 0.822. The van der Waals surface area contributed by atoms with Crippen molar-refractivity contribution in [2.24, 2.45) is 5.73 Å². The van der Waals surface area contributed by atoms with Gasteiger partial charge in [0.05, 0.1) is 11.3 Å². The fourth-order valence-electron chi connectivity index (χ4n) is 0.978. The maximum Gasteiger partial charge on any atom is 0.234 e. The molecule has 0 fully saturated rings. The Bertz CT molecular complexity index is 447. The molecular weight excluding hydrogens is 248 g/mol. The first-order chi connectivity index (χ1) is 7.24. The summed E-state index contributed by atoms with van der Waals surface area (Å²) >= 11 is 1.16. The summed E-state index contributed by atoms with van der Waals surface area (Å²) in [6, 6.07) is 0. The van der Waals surface area contributed by atoms with Crippen LogP contribution >= 0.6 is 11.3 Å². The molecule has 3 N–H and O–H groups in total. The van der Waals surface area contributed by atoms with Gasteiger partial charge in [-0.15, -0.1) is 10.2 Å². The molecule has 0 aromatic carbocycles. The third-order valence-corrected chi connectivity index (χ3v) is 4.45. The van der Waals surface area contributed by atoms with Crippen LogP contribution in [0.5, 0.6) is 0 Å². The number of sulfonamides is 1. The fraction of sp³-hybridized carbons (Fsp3) is 0.750. The number of nitrogens with two attached hydrogens (primary N) is 1. The van der Waals surface area contributed by atoms with Gasteiger partial charge < -0.3 is 5.73 Å². The Hall–Kier alpha value is -0.730. The van der Waals surface area contributed by atoms with E-state index >= 15 is 0 Å². The van der Waals surface area contributed by atoms with E-state index in [9.17, 15) is 8.42 Å². The number of anilines is 1. The van der Waals surface area contributed by atoms with Crippen LogP contribution in [-0.4, -0.2) is 24.4 Å². The topological polar surface area (TPSA) is 98.0 Å². The van der Waals surface area contributed by atoms with Gasteiger partial charge in [0, 0.05) is 0 Å². The molecule has 1 aromatic rings. The highest BCUT2D eigenvalue weighted by Gasteiger charge is 2.21. The summed E-state index contributed by atoms with van der Waals surface area (Å²) in [6.07, 6.45) is 0.559. The minimum atomic E-state index is -3.30. The molecule has 0 bridgehead atoms. The molecule has 0 unspecified atom stereocenters. The Kier molecular flexibility index (Phi) is 3.87. The smallest absolute Gasteiger partial charge is 0.234 e. The molecule has 0 atom stereocenters. The zero-order valence-corrected chi connectivity index (χ0v) is 11.2. The largest absolute Gasteiger partial charge is 0.320 e. The van der Waals surface area contributed by atoms with Crippen LogP contribution < -0.4 is 10.5 Å². The van der Waals surface area contributed by atoms with Crippen molar-refractivity contribution < 1.29 is 8.42 Å². The van der Waals surface area contributed by atoms with E-state index in [1.54, 1.807) is 20.8 Å². The van der Waals surface area contributed by atoms with Crippen molar-refractivity contribution in [2.75, 3.05) is 10.5 Å². The molecule has 1 aromatic heterocycles. The van der Waals surface area contributed by atoms with E-state index in [0.29, 0.717) is 11.4 Å². The molecule has 0 spiro atoms. The molecule has 0 aliphatic heterocycles. The summed E-state index contributed by atoms with van der Waals surface area (Å²) in [5.41, 5.74) is 5.22. The van der Waals surface area contributed by atoms with Gasteiger partial charge in [-0.2, -0.15) is 0 Å². The third-order valence-electron chi connectivity index (χ3n) is 1.69. The summed E-state index contributed by atoms with van der Waals surface area (Å²) < 4.78 is 25.3. The summed E-state index contributed by atoms with van der Waals surface area (Å²) in [4.78, 5) is 0. The highest BCUT2D eigenvalue weighted by molar-refractivity contribution is 7.92. The monoisotopic (exact) mass is 264 g/mol. The Balaban J connectivity index is 2.81. The lowest BCUT2D eigenvalue weighted by Crippen LogP contribution is -2.28. The first-order valence-electron chi connectivity index (χ1n) is 4.88. The number of rotatable bonds is 5. The molecule has 8 heteroatoms. The van der Waals surface area contributed by atoms with Gasteiger partial charge in [-0.25, -0.2) is 8.42 Å². The third kappa shape index (κ3) is 3.69. The Morgan fingerprint density at radius 3 is 2.50 bits per heavy atom. The number of nitrogens with zero attached hydrogens (tertiary/aromatic N) is 2. The van der Waals surface area contributed by atoms with Crippen LogP contribution in [-0.2, 0) is 15.6 Å². The van der Waals surface area contributed by atoms with Crippen molar-refractivity contribution in [3.63, 3.8) is 0 Å². The van der Waals surface area contributed by atoms with E-state index in [1.807, 2.05) is 0 Å². The second kappa shape index (κ2) is 4.64. The summed E-state index contributed by atoms with van der Waals surface area (Å²) in [5, 5.41) is 8.46. The molecule has 0 saturated heterocycles. The Morgan fingerprint density at radius 2 is 2.06 bits per heavy atom. The number of nitrogens with one attached hydrogen (secondary N) is 1. The van der Waals surface area contributed by atoms with E-state index in [1.165, 1.54) is 0 Å². The second-order valence-electron chi connectivity index (χ2n) is 4.05. The average molecular weight is 264 g/mol. The number of aromatic nitrogens is 2. The molecule has 6 nitrogen and oxygen atoms in total. The molecule has 0 saturated carbocycles. The molecule has 0 amide bonds. The van der Waals surface area contributed by atoms with Crippen LogP contribution in [0.4, 0.5) is 5.13 Å². The van der Waals surface area contributed by atoms with E-state index < -0.39 is 15.6 Å². The molecule has 1 rings (SSSR count). The molecule has 92 valence electrons. The van der Waals surface area contributed by atoms with Gasteiger partial charge in [0.15, 0.2) is 0 Å². The minimum absolute atomic E-state index is 0.0773. The van der Waals surface area contributed by atoms with Crippen molar-refractivity contribution in [2.45, 2.75) is 32.7 Å². The highest BCUT2D eigenvalue weighted by atomic mass is 32.2. The standard InChI is InChI=1S/C8H16N4O2S2/c1-4-5-16(13,14)12-7-11-10-6(15-7)8(2,3)9/h4-5,9H2,1-3H3,(H,11,12). The molecule has 16 heavy (non-hydrogen) atoms. The molecule has 1 heterocycles. The number of hydrogen-bond acceptors (Lipinski definition) is 6. The lowest BCUT2D eigenvalue weighted by molar-refractivity contribution is 0.544. The van der Waals surface area contributed by atoms with Crippen molar-refractivity contribution in [3.05, 3.63) is 5.01 Å². The summed E-state index contributed by atoms with van der Waals surface area (Å²) in [7, 11) is -3.30. The van der Waals surface area contributed by atoms with Crippen molar-refractivity contribution in [1.29, 1.82) is 0 Å². The minimum Gasteiger partial charge on any atom is -0.320 e. The SMILES string of the molecule is CCCS(=O)(=O)Nc1nnc(C(C)(C)N)s1. The van der Waals surface area contributed by atoms with E-state index in [2.05, 4.69) is 14.9 Å². The van der Waals surface area contributed by atoms with Gasteiger partial charge in [0.25, 0.3) is 0 Å². The maximum atomic E-state index is 11.5. The van der Waals surface area contributed by atoms with Crippen LogP contribution in [0.25, 0.3) is 0 Å². The van der Waals surface area contributed by atoms with Crippen LogP contribution in [0.15, 0.2) is 0 Å². The van der Waals surface area contributed by atoms with Gasteiger partial charge >= 0.3 is 0 Å². The van der Waals surface area contributed by atoms with Crippen molar-refractivity contribution in [3.8, 4) is 0 Å². The predicted molar refractivity (Wildman–Crippen MR) is 64.8 cm³/mol. The Morgan fingerprint density at radius 1 is 1.44 bits per heavy atom. The Labute approximate surface area is 99.3 Å². The average Bonchev–Trinajstić information content (AvgIpc) is 2.50. The van der Waals surface area contributed by atoms with Crippen LogP contribution in [0.3, 0.4) is 0 Å². The normalized spacial score (nSPS) is 12.8. The first kappa shape index (κ1) is 13.3. The maximum absolute atomic E-state index is 11.5. The molecular formula is C8H16N4O2S2. The summed E-state index contributed by atoms with van der Waals surface area (Å²) in [5.74, 6) is 0.0773. The zero-order chi connectivity index (χ0) is 12.4. The van der Waals surface area contributed by atoms with Gasteiger partial charge in [-0.05, 0) is 20.3 Å². The lowest BCUT2D eigenvalue weighted by Gasteiger charge is -2.12. The van der Waals surface area contributed by atoms with Crippen LogP contribution in [0, 0.1) is 0 Å². The van der Waals surface area contributed by atoms with Gasteiger partial charge in [-0.1, -0.05) is 18.3 Å². The van der Waals surface area contributed by atoms with Crippen LogP contribution in [0.1, 0.15) is 32.2 Å². The van der Waals surface area contributed by atoms with Crippen molar-refractivity contribution in [1.82, 2.24) is 10.2 Å². The van der Waals surface area contributed by atoms with Gasteiger partial charge in [-0.3, -0.25) is 4.72 Å². The second-order valence-corrected chi connectivity index (χ2v) is 6.87. The highest BCUT2D eigenvalue weighted by Crippen LogP contribution is 2.24. The molecule has 0 aliphatic carbocycles. The van der Waals surface area contributed by atoms with E-state index in [0.717, 1.165) is 11.3 Å².